The van der Waals surface area contributed by atoms with Gasteiger partial charge in [0.1, 0.15) is 0 Å². The minimum atomic E-state index is 1.10. The van der Waals surface area contributed by atoms with Crippen LogP contribution in [0.5, 0.6) is 0 Å². The van der Waals surface area contributed by atoms with E-state index < -0.39 is 0 Å². The Morgan fingerprint density at radius 3 is 3.00 bits per heavy atom. The van der Waals surface area contributed by atoms with Crippen molar-refractivity contribution in [3.63, 3.8) is 0 Å². The van der Waals surface area contributed by atoms with Crippen molar-refractivity contribution in [2.45, 2.75) is 0 Å². The van der Waals surface area contributed by atoms with Crippen LogP contribution in [-0.2, 0) is 0 Å². The third kappa shape index (κ3) is 1.15. The highest BCUT2D eigenvalue weighted by molar-refractivity contribution is 5.60. The third-order valence-corrected chi connectivity index (χ3v) is 1.54. The zero-order chi connectivity index (χ0) is 7.52. The fourth-order valence-corrected chi connectivity index (χ4v) is 0.982. The Kier molecular flexibility index (Phi) is 1.44. The fraction of sp³-hybridized carbons (Fsp3) is 0. The molecule has 2 aromatic rings. The number of H-pyrrole nitrogens is 1. The van der Waals surface area contributed by atoms with Crippen LogP contribution in [0.3, 0.4) is 0 Å². The van der Waals surface area contributed by atoms with Gasteiger partial charge < -0.3 is 0 Å². The van der Waals surface area contributed by atoms with Gasteiger partial charge in [0.15, 0.2) is 0 Å². The SMILES string of the molecule is [c]1cccc(-c2cn[nH]c2)c1. The van der Waals surface area contributed by atoms with E-state index in [1.54, 1.807) is 6.20 Å². The fourth-order valence-electron chi connectivity index (χ4n) is 0.982. The second-order valence-corrected chi connectivity index (χ2v) is 2.28. The molecule has 0 unspecified atom stereocenters. The molecule has 1 aromatic heterocycles. The van der Waals surface area contributed by atoms with E-state index in [0.717, 1.165) is 11.1 Å². The Morgan fingerprint density at radius 1 is 1.36 bits per heavy atom. The molecule has 0 spiro atoms. The molecular formula is C9H7N2. The van der Waals surface area contributed by atoms with Crippen LogP contribution in [0.4, 0.5) is 0 Å². The average Bonchev–Trinajstić information content (AvgIpc) is 2.58. The number of aromatic amines is 1. The standard InChI is InChI=1S/C9H7N2/c1-2-4-8(5-3-1)9-6-10-11-7-9/h1-2,4-7H,(H,10,11). The van der Waals surface area contributed by atoms with E-state index in [9.17, 15) is 0 Å². The van der Waals surface area contributed by atoms with Gasteiger partial charge >= 0.3 is 0 Å². The Balaban J connectivity index is 2.46. The van der Waals surface area contributed by atoms with Gasteiger partial charge in [0.05, 0.1) is 6.20 Å². The van der Waals surface area contributed by atoms with Gasteiger partial charge in [-0.25, -0.2) is 0 Å². The van der Waals surface area contributed by atoms with Crippen LogP contribution < -0.4 is 0 Å². The predicted octanol–water partition coefficient (Wildman–Crippen LogP) is 1.88. The number of aromatic nitrogens is 2. The zero-order valence-electron chi connectivity index (χ0n) is 5.91. The minimum Gasteiger partial charge on any atom is -0.285 e. The van der Waals surface area contributed by atoms with E-state index in [2.05, 4.69) is 16.3 Å². The van der Waals surface area contributed by atoms with Crippen LogP contribution >= 0.6 is 0 Å². The highest BCUT2D eigenvalue weighted by Crippen LogP contribution is 2.15. The summed E-state index contributed by atoms with van der Waals surface area (Å²) in [6, 6.07) is 10.8. The first-order chi connectivity index (χ1) is 5.47. The Hall–Kier alpha value is -1.57. The minimum absolute atomic E-state index is 1.10. The molecule has 1 heterocycles. The first-order valence-corrected chi connectivity index (χ1v) is 3.42. The second-order valence-electron chi connectivity index (χ2n) is 2.28. The van der Waals surface area contributed by atoms with Crippen LogP contribution in [0, 0.1) is 6.07 Å². The van der Waals surface area contributed by atoms with Gasteiger partial charge in [-0.05, 0) is 17.7 Å². The largest absolute Gasteiger partial charge is 0.285 e. The molecule has 0 atom stereocenters. The van der Waals surface area contributed by atoms with Crippen molar-refractivity contribution in [2.75, 3.05) is 0 Å². The van der Waals surface area contributed by atoms with Crippen molar-refractivity contribution >= 4 is 0 Å². The lowest BCUT2D eigenvalue weighted by atomic mass is 10.1. The summed E-state index contributed by atoms with van der Waals surface area (Å²) in [5, 5.41) is 6.62. The highest BCUT2D eigenvalue weighted by atomic mass is 15.1. The van der Waals surface area contributed by atoms with Gasteiger partial charge in [-0.15, -0.1) is 0 Å². The van der Waals surface area contributed by atoms with Crippen LogP contribution in [0.25, 0.3) is 11.1 Å². The van der Waals surface area contributed by atoms with Crippen LogP contribution in [0.1, 0.15) is 0 Å². The van der Waals surface area contributed by atoms with Gasteiger partial charge in [0.25, 0.3) is 0 Å². The van der Waals surface area contributed by atoms with Crippen molar-refractivity contribution in [2.24, 2.45) is 0 Å². The van der Waals surface area contributed by atoms with Crippen LogP contribution in [0.2, 0.25) is 0 Å². The summed E-state index contributed by atoms with van der Waals surface area (Å²) in [5.74, 6) is 0. The maximum absolute atomic E-state index is 3.86. The van der Waals surface area contributed by atoms with E-state index in [4.69, 9.17) is 0 Å². The molecule has 0 aliphatic rings. The molecule has 1 radical (unpaired) electrons. The van der Waals surface area contributed by atoms with E-state index in [0.29, 0.717) is 0 Å². The lowest BCUT2D eigenvalue weighted by Gasteiger charge is -1.92. The second kappa shape index (κ2) is 2.58. The van der Waals surface area contributed by atoms with E-state index in [1.807, 2.05) is 30.5 Å². The van der Waals surface area contributed by atoms with Gasteiger partial charge in [-0.3, -0.25) is 5.10 Å². The summed E-state index contributed by atoms with van der Waals surface area (Å²) >= 11 is 0. The predicted molar refractivity (Wildman–Crippen MR) is 42.9 cm³/mol. The molecular weight excluding hydrogens is 136 g/mol. The van der Waals surface area contributed by atoms with Gasteiger partial charge in [-0.1, -0.05) is 18.2 Å². The lowest BCUT2D eigenvalue weighted by Crippen LogP contribution is -1.70. The molecule has 0 bridgehead atoms. The molecule has 0 amide bonds. The molecule has 0 fully saturated rings. The lowest BCUT2D eigenvalue weighted by molar-refractivity contribution is 1.09. The highest BCUT2D eigenvalue weighted by Gasteiger charge is 1.94. The first kappa shape index (κ1) is 6.16. The maximum atomic E-state index is 3.86. The summed E-state index contributed by atoms with van der Waals surface area (Å²) in [6.07, 6.45) is 3.66. The Labute approximate surface area is 64.9 Å². The number of benzene rings is 1. The maximum Gasteiger partial charge on any atom is 0.0565 e. The summed E-state index contributed by atoms with van der Waals surface area (Å²) in [7, 11) is 0. The zero-order valence-corrected chi connectivity index (χ0v) is 5.91. The molecule has 1 N–H and O–H groups in total. The normalized spacial score (nSPS) is 9.82. The van der Waals surface area contributed by atoms with Crippen molar-refractivity contribution in [3.05, 3.63) is 42.7 Å². The number of hydrogen-bond donors (Lipinski definition) is 1. The molecule has 0 saturated carbocycles. The topological polar surface area (TPSA) is 28.7 Å². The quantitative estimate of drug-likeness (QED) is 0.648. The van der Waals surface area contributed by atoms with Crippen molar-refractivity contribution < 1.29 is 0 Å². The molecule has 53 valence electrons. The summed E-state index contributed by atoms with van der Waals surface area (Å²) < 4.78 is 0. The Bertz CT molecular complexity index is 311. The van der Waals surface area contributed by atoms with E-state index in [1.165, 1.54) is 0 Å². The van der Waals surface area contributed by atoms with Gasteiger partial charge in [0, 0.05) is 11.8 Å². The molecule has 1 aromatic carbocycles. The summed E-state index contributed by atoms with van der Waals surface area (Å²) in [4.78, 5) is 0. The Morgan fingerprint density at radius 2 is 2.36 bits per heavy atom. The average molecular weight is 143 g/mol. The van der Waals surface area contributed by atoms with E-state index >= 15 is 0 Å². The molecule has 2 heteroatoms. The monoisotopic (exact) mass is 143 g/mol. The first-order valence-electron chi connectivity index (χ1n) is 3.42. The smallest absolute Gasteiger partial charge is 0.0565 e. The molecule has 0 aliphatic heterocycles. The molecule has 0 saturated heterocycles. The van der Waals surface area contributed by atoms with Crippen molar-refractivity contribution in [1.29, 1.82) is 0 Å². The summed E-state index contributed by atoms with van der Waals surface area (Å²) in [6.45, 7) is 0. The number of hydrogen-bond acceptors (Lipinski definition) is 1. The molecule has 0 aliphatic carbocycles. The number of nitrogens with zero attached hydrogens (tertiary/aromatic N) is 1. The van der Waals surface area contributed by atoms with Crippen LogP contribution in [0.15, 0.2) is 36.7 Å². The molecule has 2 nitrogen and oxygen atoms in total. The molecule has 2 rings (SSSR count). The molecule has 11 heavy (non-hydrogen) atoms. The van der Waals surface area contributed by atoms with Crippen LogP contribution in [-0.4, -0.2) is 10.2 Å². The van der Waals surface area contributed by atoms with Gasteiger partial charge in [-0.2, -0.15) is 5.10 Å². The van der Waals surface area contributed by atoms with Crippen molar-refractivity contribution in [1.82, 2.24) is 10.2 Å². The number of rotatable bonds is 1. The van der Waals surface area contributed by atoms with Gasteiger partial charge in [0.2, 0.25) is 0 Å². The van der Waals surface area contributed by atoms with Crippen molar-refractivity contribution in [3.8, 4) is 11.1 Å². The number of nitrogens with one attached hydrogen (secondary N) is 1. The summed E-state index contributed by atoms with van der Waals surface area (Å²) in [5.41, 5.74) is 2.24. The third-order valence-electron chi connectivity index (χ3n) is 1.54. The van der Waals surface area contributed by atoms with E-state index in [-0.39, 0.29) is 0 Å².